The fraction of sp³-hybridized carbons (Fsp3) is 0.214. The van der Waals surface area contributed by atoms with E-state index in [0.29, 0.717) is 29.1 Å². The molecule has 1 aliphatic heterocycles. The van der Waals surface area contributed by atoms with E-state index < -0.39 is 0 Å². The smallest absolute Gasteiger partial charge is 0.222 e. The van der Waals surface area contributed by atoms with Crippen molar-refractivity contribution in [3.05, 3.63) is 47.0 Å². The second-order valence-electron chi connectivity index (χ2n) is 4.19. The predicted molar refractivity (Wildman–Crippen MR) is 80.2 cm³/mol. The van der Waals surface area contributed by atoms with Gasteiger partial charge in [0.15, 0.2) is 0 Å². The Morgan fingerprint density at radius 2 is 1.95 bits per heavy atom. The number of fused-ring (bicyclic) bond motifs is 1. The van der Waals surface area contributed by atoms with E-state index in [0.717, 1.165) is 18.7 Å². The number of hydrogen-bond acceptors (Lipinski definition) is 4. The van der Waals surface area contributed by atoms with Gasteiger partial charge in [-0.05, 0) is 30.3 Å². The summed E-state index contributed by atoms with van der Waals surface area (Å²) in [6.45, 7) is 2.21. The number of halogens is 2. The highest BCUT2D eigenvalue weighted by atomic mass is 35.5. The molecule has 2 aromatic rings. The van der Waals surface area contributed by atoms with Crippen molar-refractivity contribution in [3.63, 3.8) is 0 Å². The van der Waals surface area contributed by atoms with Gasteiger partial charge < -0.3 is 14.8 Å². The second kappa shape index (κ2) is 6.79. The van der Waals surface area contributed by atoms with Gasteiger partial charge in [-0.2, -0.15) is 4.98 Å². The van der Waals surface area contributed by atoms with Crippen LogP contribution in [0.5, 0.6) is 17.5 Å². The average Bonchev–Trinajstić information content (AvgIpc) is 2.66. The first-order valence-corrected chi connectivity index (χ1v) is 6.46. The third-order valence-corrected chi connectivity index (χ3v) is 3.03. The number of rotatable bonds is 2. The summed E-state index contributed by atoms with van der Waals surface area (Å²) in [6, 6.07) is 11.0. The molecule has 0 radical (unpaired) electrons. The Morgan fingerprint density at radius 3 is 2.75 bits per heavy atom. The van der Waals surface area contributed by atoms with Crippen LogP contribution < -0.4 is 14.8 Å². The first-order chi connectivity index (χ1) is 9.31. The van der Waals surface area contributed by atoms with Gasteiger partial charge in [-0.3, -0.25) is 0 Å². The van der Waals surface area contributed by atoms with Crippen molar-refractivity contribution in [3.8, 4) is 17.5 Å². The van der Waals surface area contributed by atoms with E-state index >= 15 is 0 Å². The fourth-order valence-corrected chi connectivity index (χ4v) is 1.96. The highest BCUT2D eigenvalue weighted by Gasteiger charge is 2.11. The molecule has 0 saturated carbocycles. The Balaban J connectivity index is 0.00000147. The average molecular weight is 313 g/mol. The molecular formula is C14H14Cl2N2O2. The number of pyridine rings is 1. The quantitative estimate of drug-likeness (QED) is 0.922. The van der Waals surface area contributed by atoms with Crippen molar-refractivity contribution >= 4 is 24.0 Å². The van der Waals surface area contributed by atoms with Gasteiger partial charge in [0.1, 0.15) is 12.4 Å². The summed E-state index contributed by atoms with van der Waals surface area (Å²) in [6.07, 6.45) is 0. The molecule has 3 rings (SSSR count). The summed E-state index contributed by atoms with van der Waals surface area (Å²) in [4.78, 5) is 4.37. The van der Waals surface area contributed by atoms with Crippen LogP contribution in [0.1, 0.15) is 5.56 Å². The largest absolute Gasteiger partial charge is 0.476 e. The Labute approximate surface area is 128 Å². The van der Waals surface area contributed by atoms with Gasteiger partial charge in [0.2, 0.25) is 11.8 Å². The molecule has 1 N–H and O–H groups in total. The highest BCUT2D eigenvalue weighted by Crippen LogP contribution is 2.26. The summed E-state index contributed by atoms with van der Waals surface area (Å²) in [7, 11) is 0. The lowest BCUT2D eigenvalue weighted by molar-refractivity contribution is 0.309. The van der Waals surface area contributed by atoms with Crippen LogP contribution in [0.4, 0.5) is 0 Å². The van der Waals surface area contributed by atoms with Gasteiger partial charge in [0.05, 0.1) is 0 Å². The van der Waals surface area contributed by atoms with Crippen LogP contribution in [-0.4, -0.2) is 18.1 Å². The van der Waals surface area contributed by atoms with Gasteiger partial charge >= 0.3 is 0 Å². The van der Waals surface area contributed by atoms with E-state index in [1.807, 2.05) is 12.1 Å². The van der Waals surface area contributed by atoms with Crippen LogP contribution in [0.3, 0.4) is 0 Å². The zero-order valence-corrected chi connectivity index (χ0v) is 12.2. The maximum Gasteiger partial charge on any atom is 0.222 e. The molecular weight excluding hydrogens is 299 g/mol. The maximum absolute atomic E-state index is 5.83. The number of nitrogens with zero attached hydrogens (tertiary/aromatic N) is 1. The van der Waals surface area contributed by atoms with Crippen LogP contribution in [0, 0.1) is 0 Å². The van der Waals surface area contributed by atoms with Crippen LogP contribution in [0.2, 0.25) is 5.02 Å². The second-order valence-corrected chi connectivity index (χ2v) is 4.63. The highest BCUT2D eigenvalue weighted by molar-refractivity contribution is 6.30. The minimum Gasteiger partial charge on any atom is -0.476 e. The van der Waals surface area contributed by atoms with Gasteiger partial charge in [-0.25, -0.2) is 0 Å². The Bertz CT molecular complexity index is 576. The number of ether oxygens (including phenoxy) is 2. The molecule has 0 atom stereocenters. The van der Waals surface area contributed by atoms with E-state index in [1.165, 1.54) is 0 Å². The van der Waals surface area contributed by atoms with Gasteiger partial charge in [0, 0.05) is 29.7 Å². The molecule has 0 fully saturated rings. The maximum atomic E-state index is 5.83. The first-order valence-electron chi connectivity index (χ1n) is 6.08. The van der Waals surface area contributed by atoms with E-state index in [4.69, 9.17) is 21.1 Å². The van der Waals surface area contributed by atoms with E-state index in [9.17, 15) is 0 Å². The normalized spacial score (nSPS) is 13.4. The molecule has 0 spiro atoms. The Hall–Kier alpha value is -1.49. The zero-order valence-electron chi connectivity index (χ0n) is 10.6. The van der Waals surface area contributed by atoms with Crippen molar-refractivity contribution < 1.29 is 9.47 Å². The summed E-state index contributed by atoms with van der Waals surface area (Å²) < 4.78 is 11.2. The molecule has 106 valence electrons. The van der Waals surface area contributed by atoms with Crippen LogP contribution in [0.25, 0.3) is 0 Å². The van der Waals surface area contributed by atoms with E-state index in [-0.39, 0.29) is 12.4 Å². The molecule has 0 amide bonds. The monoisotopic (exact) mass is 312 g/mol. The van der Waals surface area contributed by atoms with Crippen LogP contribution in [-0.2, 0) is 6.54 Å². The number of benzene rings is 1. The van der Waals surface area contributed by atoms with Crippen molar-refractivity contribution in [2.24, 2.45) is 0 Å². The van der Waals surface area contributed by atoms with Gasteiger partial charge in [-0.1, -0.05) is 11.6 Å². The van der Waals surface area contributed by atoms with Crippen molar-refractivity contribution in [1.29, 1.82) is 0 Å². The number of aromatic nitrogens is 1. The molecule has 0 bridgehead atoms. The molecule has 20 heavy (non-hydrogen) atoms. The zero-order chi connectivity index (χ0) is 13.1. The van der Waals surface area contributed by atoms with Gasteiger partial charge in [0.25, 0.3) is 0 Å². The minimum atomic E-state index is 0. The topological polar surface area (TPSA) is 43.4 Å². The van der Waals surface area contributed by atoms with Crippen molar-refractivity contribution in [2.75, 3.05) is 13.2 Å². The lowest BCUT2D eigenvalue weighted by Crippen LogP contribution is -2.16. The van der Waals surface area contributed by atoms with Gasteiger partial charge in [-0.15, -0.1) is 12.4 Å². The third-order valence-electron chi connectivity index (χ3n) is 2.78. The summed E-state index contributed by atoms with van der Waals surface area (Å²) in [5.41, 5.74) is 1.04. The minimum absolute atomic E-state index is 0. The predicted octanol–water partition coefficient (Wildman–Crippen LogP) is 3.43. The SMILES string of the molecule is Cl.Clc1ccc(Oc2ccc3c(n2)OCCNC3)cc1. The molecule has 0 unspecified atom stereocenters. The van der Waals surface area contributed by atoms with Crippen LogP contribution >= 0.6 is 24.0 Å². The van der Waals surface area contributed by atoms with Crippen LogP contribution in [0.15, 0.2) is 36.4 Å². The molecule has 0 saturated heterocycles. The number of nitrogens with one attached hydrogen (secondary N) is 1. The lowest BCUT2D eigenvalue weighted by atomic mass is 10.2. The van der Waals surface area contributed by atoms with Crippen molar-refractivity contribution in [2.45, 2.75) is 6.54 Å². The summed E-state index contributed by atoms with van der Waals surface area (Å²) >= 11 is 5.83. The first kappa shape index (κ1) is 14.9. The lowest BCUT2D eigenvalue weighted by Gasteiger charge is -2.09. The summed E-state index contributed by atoms with van der Waals surface area (Å²) in [5, 5.41) is 3.94. The summed E-state index contributed by atoms with van der Waals surface area (Å²) in [5.74, 6) is 1.85. The third kappa shape index (κ3) is 3.54. The number of hydrogen-bond donors (Lipinski definition) is 1. The molecule has 1 aliphatic rings. The van der Waals surface area contributed by atoms with Crippen molar-refractivity contribution in [1.82, 2.24) is 10.3 Å². The van der Waals surface area contributed by atoms with E-state index in [1.54, 1.807) is 24.3 Å². The Morgan fingerprint density at radius 1 is 1.15 bits per heavy atom. The Kier molecular flexibility index (Phi) is 5.06. The molecule has 6 heteroatoms. The molecule has 2 heterocycles. The van der Waals surface area contributed by atoms with E-state index in [2.05, 4.69) is 10.3 Å². The molecule has 4 nitrogen and oxygen atoms in total. The molecule has 1 aromatic heterocycles. The molecule has 1 aromatic carbocycles. The molecule has 0 aliphatic carbocycles. The fourth-order valence-electron chi connectivity index (χ4n) is 1.83. The standard InChI is InChI=1S/C14H13ClN2O2.ClH/c15-11-2-4-12(5-3-11)19-13-6-1-10-9-16-7-8-18-14(10)17-13;/h1-6,16H,7-9H2;1H.